The average molecular weight is 245 g/mol. The first-order valence-electron chi connectivity index (χ1n) is 5.59. The van der Waals surface area contributed by atoms with Crippen molar-refractivity contribution in [2.75, 3.05) is 6.54 Å². The lowest BCUT2D eigenvalue weighted by Crippen LogP contribution is -2.27. The maximum absolute atomic E-state index is 13.0. The topological polar surface area (TPSA) is 57.8 Å². The molecule has 0 saturated heterocycles. The van der Waals surface area contributed by atoms with Crippen LogP contribution in [0.4, 0.5) is 4.39 Å². The van der Waals surface area contributed by atoms with Gasteiger partial charge in [0.2, 0.25) is 5.91 Å². The van der Waals surface area contributed by atoms with Crippen molar-refractivity contribution in [1.29, 1.82) is 5.26 Å². The molecule has 1 N–H and O–H groups in total. The summed E-state index contributed by atoms with van der Waals surface area (Å²) in [4.78, 5) is 11.6. The Morgan fingerprint density at radius 1 is 1.44 bits per heavy atom. The molecule has 0 radical (unpaired) electrons. The van der Waals surface area contributed by atoms with Crippen LogP contribution in [0.3, 0.4) is 0 Å². The predicted octanol–water partition coefficient (Wildman–Crippen LogP) is 1.81. The second-order valence-electron chi connectivity index (χ2n) is 3.90. The third kappa shape index (κ3) is 2.66. The molecular weight excluding hydrogens is 233 g/mol. The zero-order valence-corrected chi connectivity index (χ0v) is 9.69. The molecular formula is C13H12FN3O. The van der Waals surface area contributed by atoms with Gasteiger partial charge in [0.15, 0.2) is 0 Å². The number of hydrogen-bond donors (Lipinski definition) is 1. The molecule has 1 amide bonds. The minimum atomic E-state index is -0.293. The molecule has 18 heavy (non-hydrogen) atoms. The van der Waals surface area contributed by atoms with Crippen LogP contribution in [0.1, 0.15) is 6.42 Å². The molecule has 0 saturated carbocycles. The molecule has 4 nitrogen and oxygen atoms in total. The molecule has 2 aromatic rings. The number of halogens is 1. The zero-order valence-electron chi connectivity index (χ0n) is 9.69. The van der Waals surface area contributed by atoms with E-state index in [0.717, 1.165) is 10.9 Å². The van der Waals surface area contributed by atoms with Gasteiger partial charge in [-0.25, -0.2) is 4.39 Å². The van der Waals surface area contributed by atoms with Gasteiger partial charge in [0.25, 0.3) is 0 Å². The Morgan fingerprint density at radius 2 is 2.28 bits per heavy atom. The van der Waals surface area contributed by atoms with Gasteiger partial charge in [0.1, 0.15) is 12.4 Å². The molecule has 1 heterocycles. The number of carbonyl (C=O) groups excluding carboxylic acids is 1. The SMILES string of the molecule is N#CCCNC(=O)Cn1ccc2cc(F)ccc21. The second-order valence-corrected chi connectivity index (χ2v) is 3.90. The van der Waals surface area contributed by atoms with Crippen molar-refractivity contribution in [3.63, 3.8) is 0 Å². The molecule has 0 aliphatic rings. The summed E-state index contributed by atoms with van der Waals surface area (Å²) in [6.45, 7) is 0.518. The molecule has 0 aliphatic carbocycles. The van der Waals surface area contributed by atoms with Gasteiger partial charge in [0.05, 0.1) is 12.5 Å². The van der Waals surface area contributed by atoms with E-state index in [9.17, 15) is 9.18 Å². The standard InChI is InChI=1S/C13H12FN3O/c14-11-2-3-12-10(8-11)4-7-17(12)9-13(18)16-6-1-5-15/h2-4,7-8H,1,6,9H2,(H,16,18). The molecule has 2 rings (SSSR count). The molecule has 1 aromatic heterocycles. The maximum atomic E-state index is 13.0. The van der Waals surface area contributed by atoms with Crippen molar-refractivity contribution in [3.8, 4) is 6.07 Å². The number of carbonyl (C=O) groups is 1. The van der Waals surface area contributed by atoms with Crippen LogP contribution in [0, 0.1) is 17.1 Å². The van der Waals surface area contributed by atoms with E-state index in [1.165, 1.54) is 12.1 Å². The first kappa shape index (κ1) is 12.1. The fraction of sp³-hybridized carbons (Fsp3) is 0.231. The molecule has 0 atom stereocenters. The van der Waals surface area contributed by atoms with Crippen LogP contribution in [0.5, 0.6) is 0 Å². The van der Waals surface area contributed by atoms with Gasteiger partial charge in [-0.2, -0.15) is 5.26 Å². The number of aromatic nitrogens is 1. The molecule has 92 valence electrons. The van der Waals surface area contributed by atoms with Crippen molar-refractivity contribution in [1.82, 2.24) is 9.88 Å². The number of benzene rings is 1. The molecule has 0 spiro atoms. The first-order valence-corrected chi connectivity index (χ1v) is 5.59. The van der Waals surface area contributed by atoms with E-state index in [1.807, 2.05) is 6.07 Å². The van der Waals surface area contributed by atoms with E-state index in [1.54, 1.807) is 22.9 Å². The zero-order chi connectivity index (χ0) is 13.0. The summed E-state index contributed by atoms with van der Waals surface area (Å²) in [6, 6.07) is 8.16. The Balaban J connectivity index is 2.08. The van der Waals surface area contributed by atoms with Gasteiger partial charge in [-0.15, -0.1) is 0 Å². The fourth-order valence-electron chi connectivity index (χ4n) is 1.78. The van der Waals surface area contributed by atoms with Crippen LogP contribution in [0.2, 0.25) is 0 Å². The van der Waals surface area contributed by atoms with Crippen LogP contribution in [0.15, 0.2) is 30.5 Å². The fourth-order valence-corrected chi connectivity index (χ4v) is 1.78. The van der Waals surface area contributed by atoms with Gasteiger partial charge in [-0.3, -0.25) is 4.79 Å². The highest BCUT2D eigenvalue weighted by atomic mass is 19.1. The number of hydrogen-bond acceptors (Lipinski definition) is 2. The van der Waals surface area contributed by atoms with Crippen molar-refractivity contribution in [2.24, 2.45) is 0 Å². The largest absolute Gasteiger partial charge is 0.354 e. The summed E-state index contributed by atoms with van der Waals surface area (Å²) in [6.07, 6.45) is 2.04. The number of rotatable bonds is 4. The molecule has 0 unspecified atom stereocenters. The lowest BCUT2D eigenvalue weighted by Gasteiger charge is -2.05. The summed E-state index contributed by atoms with van der Waals surface area (Å²) >= 11 is 0. The van der Waals surface area contributed by atoms with Crippen molar-refractivity contribution in [3.05, 3.63) is 36.3 Å². The highest BCUT2D eigenvalue weighted by molar-refractivity contribution is 5.83. The quantitative estimate of drug-likeness (QED) is 0.835. The van der Waals surface area contributed by atoms with Gasteiger partial charge >= 0.3 is 0 Å². The van der Waals surface area contributed by atoms with Gasteiger partial charge in [0, 0.05) is 23.6 Å². The van der Waals surface area contributed by atoms with Crippen molar-refractivity contribution in [2.45, 2.75) is 13.0 Å². The van der Waals surface area contributed by atoms with E-state index in [4.69, 9.17) is 5.26 Å². The van der Waals surface area contributed by atoms with Gasteiger partial charge in [-0.05, 0) is 24.3 Å². The average Bonchev–Trinajstić information content (AvgIpc) is 2.72. The Hall–Kier alpha value is -2.35. The van der Waals surface area contributed by atoms with Crippen LogP contribution >= 0.6 is 0 Å². The van der Waals surface area contributed by atoms with E-state index in [-0.39, 0.29) is 18.3 Å². The number of nitrogens with zero attached hydrogens (tertiary/aromatic N) is 2. The van der Waals surface area contributed by atoms with Crippen molar-refractivity contribution >= 4 is 16.8 Å². The smallest absolute Gasteiger partial charge is 0.239 e. The van der Waals surface area contributed by atoms with E-state index in [0.29, 0.717) is 13.0 Å². The van der Waals surface area contributed by atoms with E-state index < -0.39 is 0 Å². The minimum Gasteiger partial charge on any atom is -0.354 e. The first-order chi connectivity index (χ1) is 8.70. The second kappa shape index (κ2) is 5.32. The number of nitriles is 1. The summed E-state index contributed by atoms with van der Waals surface area (Å²) in [7, 11) is 0. The van der Waals surface area contributed by atoms with Crippen LogP contribution < -0.4 is 5.32 Å². The summed E-state index contributed by atoms with van der Waals surface area (Å²) in [5, 5.41) is 11.8. The number of fused-ring (bicyclic) bond motifs is 1. The van der Waals surface area contributed by atoms with Crippen LogP contribution in [-0.4, -0.2) is 17.0 Å². The van der Waals surface area contributed by atoms with Crippen LogP contribution in [0.25, 0.3) is 10.9 Å². The van der Waals surface area contributed by atoms with Crippen molar-refractivity contribution < 1.29 is 9.18 Å². The third-order valence-electron chi connectivity index (χ3n) is 2.61. The Labute approximate surface area is 104 Å². The molecule has 1 aromatic carbocycles. The van der Waals surface area contributed by atoms with Crippen LogP contribution in [-0.2, 0) is 11.3 Å². The monoisotopic (exact) mass is 245 g/mol. The molecule has 5 heteroatoms. The Morgan fingerprint density at radius 3 is 3.06 bits per heavy atom. The van der Waals surface area contributed by atoms with E-state index in [2.05, 4.69) is 5.32 Å². The lowest BCUT2D eigenvalue weighted by molar-refractivity contribution is -0.121. The summed E-state index contributed by atoms with van der Waals surface area (Å²) in [5.41, 5.74) is 0.812. The Kier molecular flexibility index (Phi) is 3.58. The molecule has 0 bridgehead atoms. The molecule has 0 fully saturated rings. The highest BCUT2D eigenvalue weighted by Gasteiger charge is 2.06. The van der Waals surface area contributed by atoms with E-state index >= 15 is 0 Å². The predicted molar refractivity (Wildman–Crippen MR) is 65.1 cm³/mol. The highest BCUT2D eigenvalue weighted by Crippen LogP contribution is 2.16. The molecule has 0 aliphatic heterocycles. The Bertz CT molecular complexity index is 612. The number of amides is 1. The summed E-state index contributed by atoms with van der Waals surface area (Å²) < 4.78 is 14.7. The normalized spacial score (nSPS) is 10.2. The summed E-state index contributed by atoms with van der Waals surface area (Å²) in [5.74, 6) is -0.453. The van der Waals surface area contributed by atoms with Gasteiger partial charge < -0.3 is 9.88 Å². The number of nitrogens with one attached hydrogen (secondary N) is 1. The lowest BCUT2D eigenvalue weighted by atomic mass is 10.2. The minimum absolute atomic E-state index is 0.160. The third-order valence-corrected chi connectivity index (χ3v) is 2.61. The van der Waals surface area contributed by atoms with Gasteiger partial charge in [-0.1, -0.05) is 0 Å². The maximum Gasteiger partial charge on any atom is 0.239 e.